The molecule has 0 spiro atoms. The van der Waals surface area contributed by atoms with Gasteiger partial charge >= 0.3 is 5.97 Å². The number of hydrogen-bond donors (Lipinski definition) is 1. The second kappa shape index (κ2) is 7.89. The summed E-state index contributed by atoms with van der Waals surface area (Å²) < 4.78 is 45.9. The average molecular weight is 353 g/mol. The van der Waals surface area contributed by atoms with Crippen molar-refractivity contribution in [2.45, 2.75) is 11.3 Å². The lowest BCUT2D eigenvalue weighted by atomic mass is 10.1. The number of nitrogens with two attached hydrogens (primary N) is 1. The Balaban J connectivity index is 1.75. The van der Waals surface area contributed by atoms with E-state index < -0.39 is 21.8 Å². The summed E-state index contributed by atoms with van der Waals surface area (Å²) in [5.74, 6) is -0.610. The van der Waals surface area contributed by atoms with Crippen LogP contribution in [0.25, 0.3) is 0 Å². The van der Waals surface area contributed by atoms with Crippen molar-refractivity contribution in [2.24, 2.45) is 5.14 Å². The van der Waals surface area contributed by atoms with Gasteiger partial charge in [-0.1, -0.05) is 18.2 Å². The molecule has 0 aliphatic rings. The van der Waals surface area contributed by atoms with E-state index >= 15 is 0 Å². The molecule has 2 N–H and O–H groups in total. The lowest BCUT2D eigenvalue weighted by Gasteiger charge is -2.08. The van der Waals surface area contributed by atoms with E-state index in [-0.39, 0.29) is 30.1 Å². The molecule has 0 saturated heterocycles. The predicted molar refractivity (Wildman–Crippen MR) is 84.4 cm³/mol. The number of ether oxygens (including phenoxy) is 2. The van der Waals surface area contributed by atoms with Crippen LogP contribution in [-0.4, -0.2) is 27.6 Å². The van der Waals surface area contributed by atoms with Gasteiger partial charge in [-0.15, -0.1) is 0 Å². The monoisotopic (exact) mass is 353 g/mol. The van der Waals surface area contributed by atoms with E-state index in [0.717, 1.165) is 0 Å². The highest BCUT2D eigenvalue weighted by atomic mass is 32.2. The lowest BCUT2D eigenvalue weighted by Crippen LogP contribution is -2.15. The van der Waals surface area contributed by atoms with Gasteiger partial charge in [0.2, 0.25) is 10.0 Å². The molecular weight excluding hydrogens is 337 g/mol. The number of esters is 1. The third kappa shape index (κ3) is 5.32. The SMILES string of the molecule is NS(=O)(=O)c1ccc(OCCOC(=O)Cc2ccccc2F)cc1. The number of halogens is 1. The fraction of sp³-hybridized carbons (Fsp3) is 0.188. The maximum absolute atomic E-state index is 13.4. The van der Waals surface area contributed by atoms with Crippen molar-refractivity contribution < 1.29 is 27.1 Å². The van der Waals surface area contributed by atoms with E-state index in [1.54, 1.807) is 12.1 Å². The van der Waals surface area contributed by atoms with Gasteiger partial charge in [0.05, 0.1) is 11.3 Å². The van der Waals surface area contributed by atoms with Crippen LogP contribution >= 0.6 is 0 Å². The Hall–Kier alpha value is -2.45. The Morgan fingerprint density at radius 3 is 2.33 bits per heavy atom. The first-order valence-electron chi connectivity index (χ1n) is 7.01. The Morgan fingerprint density at radius 2 is 1.71 bits per heavy atom. The van der Waals surface area contributed by atoms with Gasteiger partial charge in [0.15, 0.2) is 0 Å². The van der Waals surface area contributed by atoms with Crippen molar-refractivity contribution in [3.8, 4) is 5.75 Å². The average Bonchev–Trinajstić information content (AvgIpc) is 2.53. The second-order valence-corrected chi connectivity index (χ2v) is 6.41. The molecule has 0 aromatic heterocycles. The van der Waals surface area contributed by atoms with Crippen LogP contribution in [0.15, 0.2) is 53.4 Å². The molecule has 0 aliphatic carbocycles. The highest BCUT2D eigenvalue weighted by molar-refractivity contribution is 7.89. The minimum atomic E-state index is -3.74. The summed E-state index contributed by atoms with van der Waals surface area (Å²) in [6, 6.07) is 11.5. The molecule has 0 fully saturated rings. The van der Waals surface area contributed by atoms with E-state index in [1.165, 1.54) is 36.4 Å². The fourth-order valence-electron chi connectivity index (χ4n) is 1.89. The van der Waals surface area contributed by atoms with Crippen molar-refractivity contribution >= 4 is 16.0 Å². The molecular formula is C16H16FNO5S. The van der Waals surface area contributed by atoms with Crippen molar-refractivity contribution in [3.63, 3.8) is 0 Å². The first-order valence-corrected chi connectivity index (χ1v) is 8.55. The Morgan fingerprint density at radius 1 is 1.04 bits per heavy atom. The molecule has 2 aromatic rings. The molecule has 0 atom stereocenters. The summed E-state index contributed by atoms with van der Waals surface area (Å²) in [6.45, 7) is 0.0714. The maximum atomic E-state index is 13.4. The quantitative estimate of drug-likeness (QED) is 0.603. The third-order valence-electron chi connectivity index (χ3n) is 3.06. The first kappa shape index (κ1) is 17.9. The van der Waals surface area contributed by atoms with Gasteiger partial charge in [0.1, 0.15) is 24.8 Å². The van der Waals surface area contributed by atoms with Crippen molar-refractivity contribution in [3.05, 3.63) is 59.9 Å². The fourth-order valence-corrected chi connectivity index (χ4v) is 2.40. The first-order chi connectivity index (χ1) is 11.4. The summed E-state index contributed by atoms with van der Waals surface area (Å²) in [5, 5.41) is 4.98. The van der Waals surface area contributed by atoms with Crippen LogP contribution in [0.3, 0.4) is 0 Å². The Kier molecular flexibility index (Phi) is 5.88. The third-order valence-corrected chi connectivity index (χ3v) is 3.99. The summed E-state index contributed by atoms with van der Waals surface area (Å²) in [4.78, 5) is 11.6. The number of sulfonamides is 1. The molecule has 0 bridgehead atoms. The smallest absolute Gasteiger partial charge is 0.310 e. The zero-order chi connectivity index (χ0) is 17.6. The van der Waals surface area contributed by atoms with Gasteiger partial charge in [-0.05, 0) is 35.9 Å². The molecule has 0 heterocycles. The summed E-state index contributed by atoms with van der Waals surface area (Å²) >= 11 is 0. The molecule has 0 unspecified atom stereocenters. The van der Waals surface area contributed by atoms with Crippen LogP contribution in [0.2, 0.25) is 0 Å². The zero-order valence-electron chi connectivity index (χ0n) is 12.6. The molecule has 0 saturated carbocycles. The van der Waals surface area contributed by atoms with Gasteiger partial charge < -0.3 is 9.47 Å². The normalized spacial score (nSPS) is 11.1. The molecule has 0 amide bonds. The van der Waals surface area contributed by atoms with E-state index in [9.17, 15) is 17.6 Å². The summed E-state index contributed by atoms with van der Waals surface area (Å²) in [6.07, 6.45) is -0.157. The van der Waals surface area contributed by atoms with Crippen LogP contribution < -0.4 is 9.88 Å². The van der Waals surface area contributed by atoms with Crippen molar-refractivity contribution in [1.82, 2.24) is 0 Å². The Bertz CT molecular complexity index is 805. The highest BCUT2D eigenvalue weighted by Crippen LogP contribution is 2.14. The Labute approximate surface area is 139 Å². The van der Waals surface area contributed by atoms with Crippen molar-refractivity contribution in [1.29, 1.82) is 0 Å². The molecule has 2 rings (SSSR count). The largest absolute Gasteiger partial charge is 0.490 e. The van der Waals surface area contributed by atoms with Crippen LogP contribution in [0, 0.1) is 5.82 Å². The van der Waals surface area contributed by atoms with Gasteiger partial charge in [-0.3, -0.25) is 4.79 Å². The number of primary sulfonamides is 1. The van der Waals surface area contributed by atoms with Crippen LogP contribution in [-0.2, 0) is 26.0 Å². The maximum Gasteiger partial charge on any atom is 0.310 e. The van der Waals surface area contributed by atoms with E-state index in [2.05, 4.69) is 0 Å². The van der Waals surface area contributed by atoms with E-state index in [1.807, 2.05) is 0 Å². The second-order valence-electron chi connectivity index (χ2n) is 4.85. The number of carbonyl (C=O) groups excluding carboxylic acids is 1. The zero-order valence-corrected chi connectivity index (χ0v) is 13.5. The van der Waals surface area contributed by atoms with E-state index in [0.29, 0.717) is 5.75 Å². The van der Waals surface area contributed by atoms with Crippen molar-refractivity contribution in [2.75, 3.05) is 13.2 Å². The van der Waals surface area contributed by atoms with Crippen LogP contribution in [0.5, 0.6) is 5.75 Å². The highest BCUT2D eigenvalue weighted by Gasteiger charge is 2.09. The summed E-state index contributed by atoms with van der Waals surface area (Å²) in [5.41, 5.74) is 0.266. The van der Waals surface area contributed by atoms with E-state index in [4.69, 9.17) is 14.6 Å². The molecule has 2 aromatic carbocycles. The molecule has 8 heteroatoms. The minimum absolute atomic E-state index is 0.00970. The molecule has 128 valence electrons. The standard InChI is InChI=1S/C16H16FNO5S/c17-15-4-2-1-3-12(15)11-16(19)23-10-9-22-13-5-7-14(8-6-13)24(18,20)21/h1-8H,9-11H2,(H2,18,20,21). The summed E-state index contributed by atoms with van der Waals surface area (Å²) in [7, 11) is -3.74. The number of hydrogen-bond acceptors (Lipinski definition) is 5. The van der Waals surface area contributed by atoms with Gasteiger partial charge in [0.25, 0.3) is 0 Å². The van der Waals surface area contributed by atoms with Gasteiger partial charge in [0, 0.05) is 0 Å². The van der Waals surface area contributed by atoms with Gasteiger partial charge in [-0.25, -0.2) is 17.9 Å². The molecule has 24 heavy (non-hydrogen) atoms. The number of benzene rings is 2. The molecule has 6 nitrogen and oxygen atoms in total. The van der Waals surface area contributed by atoms with Crippen LogP contribution in [0.1, 0.15) is 5.56 Å². The molecule has 0 aliphatic heterocycles. The van der Waals surface area contributed by atoms with Crippen LogP contribution in [0.4, 0.5) is 4.39 Å². The minimum Gasteiger partial charge on any atom is -0.490 e. The number of carbonyl (C=O) groups is 1. The predicted octanol–water partition coefficient (Wildman–Crippen LogP) is 1.64. The topological polar surface area (TPSA) is 95.7 Å². The lowest BCUT2D eigenvalue weighted by molar-refractivity contribution is -0.143. The van der Waals surface area contributed by atoms with Gasteiger partial charge in [-0.2, -0.15) is 0 Å². The number of rotatable bonds is 7. The molecule has 0 radical (unpaired) electrons.